The quantitative estimate of drug-likeness (QED) is 0.819. The van der Waals surface area contributed by atoms with Gasteiger partial charge in [-0.3, -0.25) is 0 Å². The van der Waals surface area contributed by atoms with Crippen LogP contribution in [0.5, 0.6) is 0 Å². The van der Waals surface area contributed by atoms with Crippen LogP contribution < -0.4 is 15.5 Å². The maximum Gasteiger partial charge on any atom is 0.228 e. The largest absolute Gasteiger partial charge is 0.369 e. The fourth-order valence-corrected chi connectivity index (χ4v) is 3.51. The minimum absolute atomic E-state index is 0. The first kappa shape index (κ1) is 17.2. The third-order valence-corrected chi connectivity index (χ3v) is 4.82. The van der Waals surface area contributed by atoms with Gasteiger partial charge < -0.3 is 15.5 Å². The van der Waals surface area contributed by atoms with Crippen LogP contribution in [0.3, 0.4) is 0 Å². The fourth-order valence-electron chi connectivity index (χ4n) is 2.59. The highest BCUT2D eigenvalue weighted by atomic mass is 35.5. The lowest BCUT2D eigenvalue weighted by atomic mass is 10.2. The second-order valence-electron chi connectivity index (χ2n) is 5.49. The molecule has 0 spiro atoms. The summed E-state index contributed by atoms with van der Waals surface area (Å²) in [6, 6.07) is 0. The van der Waals surface area contributed by atoms with E-state index in [0.717, 1.165) is 55.7 Å². The van der Waals surface area contributed by atoms with E-state index in [-0.39, 0.29) is 12.4 Å². The van der Waals surface area contributed by atoms with Crippen LogP contribution in [0.25, 0.3) is 10.2 Å². The minimum atomic E-state index is 0. The molecule has 3 rings (SSSR count). The van der Waals surface area contributed by atoms with Gasteiger partial charge in [-0.25, -0.2) is 4.98 Å². The Bertz CT molecular complexity index is 609. The molecule has 0 unspecified atom stereocenters. The highest BCUT2D eigenvalue weighted by Gasteiger charge is 2.17. The molecule has 7 heteroatoms. The number of hydrogen-bond acceptors (Lipinski definition) is 6. The van der Waals surface area contributed by atoms with E-state index in [0.29, 0.717) is 0 Å². The summed E-state index contributed by atoms with van der Waals surface area (Å²) in [7, 11) is 0. The average Bonchev–Trinajstić information content (AvgIpc) is 2.90. The molecular weight excluding hydrogens is 318 g/mol. The normalized spacial score (nSPS) is 14.9. The third-order valence-electron chi connectivity index (χ3n) is 3.83. The summed E-state index contributed by atoms with van der Waals surface area (Å²) in [5.74, 6) is 1.87. The van der Waals surface area contributed by atoms with E-state index >= 15 is 0 Å². The van der Waals surface area contributed by atoms with E-state index in [2.05, 4.69) is 34.8 Å². The molecular formula is C15H24ClN5S. The Kier molecular flexibility index (Phi) is 6.23. The molecule has 3 heterocycles. The Hall–Kier alpha value is -1.11. The van der Waals surface area contributed by atoms with E-state index < -0.39 is 0 Å². The molecule has 0 saturated carbocycles. The van der Waals surface area contributed by atoms with Crippen LogP contribution in [0.4, 0.5) is 11.8 Å². The summed E-state index contributed by atoms with van der Waals surface area (Å²) < 4.78 is 0. The fraction of sp³-hybridized carbons (Fsp3) is 0.600. The predicted octanol–water partition coefficient (Wildman–Crippen LogP) is 3.04. The van der Waals surface area contributed by atoms with Crippen molar-refractivity contribution in [3.8, 4) is 0 Å². The minimum Gasteiger partial charge on any atom is -0.369 e. The van der Waals surface area contributed by atoms with E-state index in [4.69, 9.17) is 9.97 Å². The van der Waals surface area contributed by atoms with E-state index in [1.54, 1.807) is 11.3 Å². The van der Waals surface area contributed by atoms with Crippen LogP contribution in [0, 0.1) is 6.92 Å². The average molecular weight is 342 g/mol. The molecule has 1 fully saturated rings. The number of thiophene rings is 1. The molecule has 0 aliphatic carbocycles. The Morgan fingerprint density at radius 3 is 2.82 bits per heavy atom. The molecule has 0 aromatic carbocycles. The number of nitrogens with zero attached hydrogens (tertiary/aromatic N) is 3. The Labute approximate surface area is 141 Å². The first-order valence-electron chi connectivity index (χ1n) is 7.75. The molecule has 0 radical (unpaired) electrons. The summed E-state index contributed by atoms with van der Waals surface area (Å²) in [5.41, 5.74) is 1.26. The molecule has 122 valence electrons. The lowest BCUT2D eigenvalue weighted by Crippen LogP contribution is -2.44. The summed E-state index contributed by atoms with van der Waals surface area (Å²) in [6.45, 7) is 9.28. The van der Waals surface area contributed by atoms with Crippen molar-refractivity contribution >= 4 is 45.7 Å². The Morgan fingerprint density at radius 2 is 2.09 bits per heavy atom. The number of halogens is 1. The first-order valence-corrected chi connectivity index (χ1v) is 8.63. The van der Waals surface area contributed by atoms with E-state index in [1.807, 2.05) is 0 Å². The molecule has 2 aromatic heterocycles. The number of rotatable bonds is 5. The lowest BCUT2D eigenvalue weighted by Gasteiger charge is -2.27. The third kappa shape index (κ3) is 3.62. The van der Waals surface area contributed by atoms with Crippen LogP contribution in [0.15, 0.2) is 5.38 Å². The number of unbranched alkanes of at least 4 members (excludes halogenated alkanes) is 1. The van der Waals surface area contributed by atoms with Gasteiger partial charge in [0.15, 0.2) is 0 Å². The number of aromatic nitrogens is 2. The van der Waals surface area contributed by atoms with Gasteiger partial charge in [-0.15, -0.1) is 23.7 Å². The van der Waals surface area contributed by atoms with Crippen LogP contribution in [-0.2, 0) is 0 Å². The van der Waals surface area contributed by atoms with Crippen LogP contribution in [0.2, 0.25) is 0 Å². The Morgan fingerprint density at radius 1 is 1.32 bits per heavy atom. The molecule has 1 saturated heterocycles. The van der Waals surface area contributed by atoms with Crippen LogP contribution in [-0.4, -0.2) is 42.7 Å². The summed E-state index contributed by atoms with van der Waals surface area (Å²) >= 11 is 1.71. The molecule has 1 aliphatic heterocycles. The van der Waals surface area contributed by atoms with Gasteiger partial charge in [0, 0.05) is 32.7 Å². The van der Waals surface area contributed by atoms with Crippen LogP contribution in [0.1, 0.15) is 25.3 Å². The van der Waals surface area contributed by atoms with Gasteiger partial charge in [-0.1, -0.05) is 13.3 Å². The maximum atomic E-state index is 4.81. The molecule has 5 nitrogen and oxygen atoms in total. The molecule has 0 bridgehead atoms. The second-order valence-corrected chi connectivity index (χ2v) is 6.35. The van der Waals surface area contributed by atoms with Crippen molar-refractivity contribution in [2.45, 2.75) is 26.7 Å². The van der Waals surface area contributed by atoms with E-state index in [1.165, 1.54) is 17.4 Å². The smallest absolute Gasteiger partial charge is 0.228 e. The van der Waals surface area contributed by atoms with Gasteiger partial charge in [-0.05, 0) is 24.3 Å². The molecule has 2 aromatic rings. The van der Waals surface area contributed by atoms with Crippen molar-refractivity contribution in [3.63, 3.8) is 0 Å². The SMILES string of the molecule is CCCCNc1nc(N2CCNCC2)nc2scc(C)c12.Cl. The first-order chi connectivity index (χ1) is 10.3. The molecule has 2 N–H and O–H groups in total. The highest BCUT2D eigenvalue weighted by Crippen LogP contribution is 2.31. The molecule has 0 amide bonds. The second kappa shape index (κ2) is 7.94. The zero-order valence-corrected chi connectivity index (χ0v) is 14.8. The van der Waals surface area contributed by atoms with Crippen molar-refractivity contribution < 1.29 is 0 Å². The standard InChI is InChI=1S/C15H23N5S.ClH/c1-3-4-5-17-13-12-11(2)10-21-14(12)19-15(18-13)20-8-6-16-7-9-20;/h10,16H,3-9H2,1-2H3,(H,17,18,19);1H. The van der Waals surface area contributed by atoms with Crippen molar-refractivity contribution in [3.05, 3.63) is 10.9 Å². The molecule has 0 atom stereocenters. The number of anilines is 2. The van der Waals surface area contributed by atoms with Crippen molar-refractivity contribution in [2.24, 2.45) is 0 Å². The number of nitrogens with one attached hydrogen (secondary N) is 2. The van der Waals surface area contributed by atoms with Crippen molar-refractivity contribution in [2.75, 3.05) is 42.9 Å². The van der Waals surface area contributed by atoms with Gasteiger partial charge in [-0.2, -0.15) is 4.98 Å². The van der Waals surface area contributed by atoms with Crippen molar-refractivity contribution in [1.82, 2.24) is 15.3 Å². The maximum absolute atomic E-state index is 4.81. The monoisotopic (exact) mass is 341 g/mol. The number of fused-ring (bicyclic) bond motifs is 1. The predicted molar refractivity (Wildman–Crippen MR) is 97.9 cm³/mol. The molecule has 1 aliphatic rings. The lowest BCUT2D eigenvalue weighted by molar-refractivity contribution is 0.581. The Balaban J connectivity index is 0.00000176. The summed E-state index contributed by atoms with van der Waals surface area (Å²) in [6.07, 6.45) is 2.35. The van der Waals surface area contributed by atoms with Crippen LogP contribution >= 0.6 is 23.7 Å². The zero-order chi connectivity index (χ0) is 14.7. The van der Waals surface area contributed by atoms with Gasteiger partial charge in [0.25, 0.3) is 0 Å². The van der Waals surface area contributed by atoms with E-state index in [9.17, 15) is 0 Å². The van der Waals surface area contributed by atoms with Gasteiger partial charge in [0.2, 0.25) is 5.95 Å². The number of piperazine rings is 1. The topological polar surface area (TPSA) is 53.1 Å². The highest BCUT2D eigenvalue weighted by molar-refractivity contribution is 7.17. The number of aryl methyl sites for hydroxylation is 1. The summed E-state index contributed by atoms with van der Waals surface area (Å²) in [5, 5.41) is 10.2. The van der Waals surface area contributed by atoms with Crippen molar-refractivity contribution in [1.29, 1.82) is 0 Å². The van der Waals surface area contributed by atoms with Gasteiger partial charge in [0.05, 0.1) is 5.39 Å². The van der Waals surface area contributed by atoms with Gasteiger partial charge >= 0.3 is 0 Å². The molecule has 22 heavy (non-hydrogen) atoms. The zero-order valence-electron chi connectivity index (χ0n) is 13.2. The number of hydrogen-bond donors (Lipinski definition) is 2. The summed E-state index contributed by atoms with van der Waals surface area (Å²) in [4.78, 5) is 13.0. The van der Waals surface area contributed by atoms with Gasteiger partial charge in [0.1, 0.15) is 10.6 Å².